The van der Waals surface area contributed by atoms with Gasteiger partial charge in [0.05, 0.1) is 5.56 Å². The number of halogens is 1. The van der Waals surface area contributed by atoms with E-state index < -0.39 is 0 Å². The number of para-hydroxylation sites is 1. The number of rotatable bonds is 2. The van der Waals surface area contributed by atoms with Crippen LogP contribution in [0.1, 0.15) is 36.0 Å². The summed E-state index contributed by atoms with van der Waals surface area (Å²) >= 11 is 0. The predicted octanol–water partition coefficient (Wildman–Crippen LogP) is 1.88. The SMILES string of the molecule is Cl.NC1CCC(NC(=O)c2cccc3c2OCCO3)CC1. The summed E-state index contributed by atoms with van der Waals surface area (Å²) in [5.41, 5.74) is 6.43. The Morgan fingerprint density at radius 3 is 2.62 bits per heavy atom. The summed E-state index contributed by atoms with van der Waals surface area (Å²) in [6.45, 7) is 1.01. The smallest absolute Gasteiger partial charge is 0.255 e. The van der Waals surface area contributed by atoms with E-state index in [2.05, 4.69) is 5.32 Å². The zero-order chi connectivity index (χ0) is 13.9. The molecule has 1 aliphatic heterocycles. The van der Waals surface area contributed by atoms with Crippen LogP contribution in [-0.2, 0) is 0 Å². The third kappa shape index (κ3) is 3.60. The minimum atomic E-state index is -0.0900. The minimum absolute atomic E-state index is 0. The Bertz CT molecular complexity index is 502. The average molecular weight is 313 g/mol. The Balaban J connectivity index is 0.00000161. The first-order valence-electron chi connectivity index (χ1n) is 7.19. The van der Waals surface area contributed by atoms with Crippen LogP contribution in [0.5, 0.6) is 11.5 Å². The highest BCUT2D eigenvalue weighted by atomic mass is 35.5. The molecule has 0 saturated heterocycles. The van der Waals surface area contributed by atoms with Crippen molar-refractivity contribution < 1.29 is 14.3 Å². The van der Waals surface area contributed by atoms with Gasteiger partial charge in [0.25, 0.3) is 5.91 Å². The molecule has 0 spiro atoms. The standard InChI is InChI=1S/C15H20N2O3.ClH/c16-10-4-6-11(7-5-10)17-15(18)12-2-1-3-13-14(12)20-9-8-19-13;/h1-3,10-11H,4-9,16H2,(H,17,18);1H. The van der Waals surface area contributed by atoms with E-state index in [1.807, 2.05) is 12.1 Å². The van der Waals surface area contributed by atoms with Gasteiger partial charge in [-0.25, -0.2) is 0 Å². The molecule has 1 aromatic rings. The summed E-state index contributed by atoms with van der Waals surface area (Å²) in [5, 5.41) is 3.08. The number of benzene rings is 1. The lowest BCUT2D eigenvalue weighted by atomic mass is 9.91. The van der Waals surface area contributed by atoms with E-state index >= 15 is 0 Å². The number of fused-ring (bicyclic) bond motifs is 1. The molecular weight excluding hydrogens is 292 g/mol. The van der Waals surface area contributed by atoms with Crippen LogP contribution in [0.15, 0.2) is 18.2 Å². The summed E-state index contributed by atoms with van der Waals surface area (Å²) in [7, 11) is 0. The number of amides is 1. The monoisotopic (exact) mass is 312 g/mol. The number of carbonyl (C=O) groups is 1. The summed E-state index contributed by atoms with van der Waals surface area (Å²) in [5.74, 6) is 1.12. The second-order valence-electron chi connectivity index (χ2n) is 5.41. The largest absolute Gasteiger partial charge is 0.486 e. The molecule has 6 heteroatoms. The zero-order valence-corrected chi connectivity index (χ0v) is 12.7. The van der Waals surface area contributed by atoms with Crippen LogP contribution in [0.4, 0.5) is 0 Å². The molecule has 1 saturated carbocycles. The molecule has 0 bridgehead atoms. The van der Waals surface area contributed by atoms with Gasteiger partial charge in [0.2, 0.25) is 0 Å². The Morgan fingerprint density at radius 1 is 1.14 bits per heavy atom. The fourth-order valence-corrected chi connectivity index (χ4v) is 2.78. The molecule has 0 unspecified atom stereocenters. The maximum atomic E-state index is 12.4. The molecule has 1 aromatic carbocycles. The van der Waals surface area contributed by atoms with E-state index in [1.54, 1.807) is 6.07 Å². The van der Waals surface area contributed by atoms with Gasteiger partial charge in [0, 0.05) is 12.1 Å². The fourth-order valence-electron chi connectivity index (χ4n) is 2.78. The number of carbonyl (C=O) groups excluding carboxylic acids is 1. The van der Waals surface area contributed by atoms with Gasteiger partial charge in [0.15, 0.2) is 11.5 Å². The van der Waals surface area contributed by atoms with Crippen LogP contribution in [-0.4, -0.2) is 31.2 Å². The summed E-state index contributed by atoms with van der Waals surface area (Å²) < 4.78 is 11.1. The minimum Gasteiger partial charge on any atom is -0.486 e. The van der Waals surface area contributed by atoms with Crippen LogP contribution in [0.3, 0.4) is 0 Å². The molecule has 1 heterocycles. The molecule has 2 aliphatic rings. The van der Waals surface area contributed by atoms with E-state index in [0.717, 1.165) is 25.7 Å². The van der Waals surface area contributed by atoms with E-state index in [9.17, 15) is 4.79 Å². The van der Waals surface area contributed by atoms with E-state index in [0.29, 0.717) is 30.3 Å². The van der Waals surface area contributed by atoms with Crippen molar-refractivity contribution >= 4 is 18.3 Å². The van der Waals surface area contributed by atoms with Crippen molar-refractivity contribution in [2.75, 3.05) is 13.2 Å². The van der Waals surface area contributed by atoms with Crippen molar-refractivity contribution in [3.63, 3.8) is 0 Å². The van der Waals surface area contributed by atoms with Crippen LogP contribution >= 0.6 is 12.4 Å². The lowest BCUT2D eigenvalue weighted by Gasteiger charge is -2.27. The van der Waals surface area contributed by atoms with Gasteiger partial charge >= 0.3 is 0 Å². The molecule has 3 rings (SSSR count). The molecule has 5 nitrogen and oxygen atoms in total. The van der Waals surface area contributed by atoms with Gasteiger partial charge in [-0.2, -0.15) is 0 Å². The maximum Gasteiger partial charge on any atom is 0.255 e. The van der Waals surface area contributed by atoms with Gasteiger partial charge in [0.1, 0.15) is 13.2 Å². The summed E-state index contributed by atoms with van der Waals surface area (Å²) in [6, 6.07) is 5.91. The highest BCUT2D eigenvalue weighted by Gasteiger charge is 2.24. The molecule has 1 amide bonds. The average Bonchev–Trinajstić information content (AvgIpc) is 2.49. The van der Waals surface area contributed by atoms with E-state index in [4.69, 9.17) is 15.2 Å². The Kier molecular flexibility index (Phi) is 5.31. The summed E-state index contributed by atoms with van der Waals surface area (Å²) in [6.07, 6.45) is 3.83. The Labute approximate surface area is 130 Å². The quantitative estimate of drug-likeness (QED) is 0.874. The van der Waals surface area contributed by atoms with Crippen molar-refractivity contribution in [3.8, 4) is 11.5 Å². The predicted molar refractivity (Wildman–Crippen MR) is 82.4 cm³/mol. The number of hydrogen-bond donors (Lipinski definition) is 2. The first kappa shape index (κ1) is 15.9. The van der Waals surface area contributed by atoms with Gasteiger partial charge in [-0.3, -0.25) is 4.79 Å². The highest BCUT2D eigenvalue weighted by molar-refractivity contribution is 5.98. The topological polar surface area (TPSA) is 73.6 Å². The first-order chi connectivity index (χ1) is 9.74. The zero-order valence-electron chi connectivity index (χ0n) is 11.8. The van der Waals surface area contributed by atoms with Crippen molar-refractivity contribution in [1.82, 2.24) is 5.32 Å². The third-order valence-corrected chi connectivity index (χ3v) is 3.92. The molecular formula is C15H21ClN2O3. The van der Waals surface area contributed by atoms with Gasteiger partial charge in [-0.1, -0.05) is 6.07 Å². The molecule has 0 aromatic heterocycles. The first-order valence-corrected chi connectivity index (χ1v) is 7.19. The normalized spacial score (nSPS) is 23.9. The second-order valence-corrected chi connectivity index (χ2v) is 5.41. The lowest BCUT2D eigenvalue weighted by molar-refractivity contribution is 0.0915. The molecule has 0 radical (unpaired) electrons. The molecule has 3 N–H and O–H groups in total. The number of ether oxygens (including phenoxy) is 2. The molecule has 0 atom stereocenters. The molecule has 21 heavy (non-hydrogen) atoms. The highest BCUT2D eigenvalue weighted by Crippen LogP contribution is 2.33. The lowest BCUT2D eigenvalue weighted by Crippen LogP contribution is -2.40. The number of nitrogens with two attached hydrogens (primary N) is 1. The van der Waals surface area contributed by atoms with E-state index in [-0.39, 0.29) is 30.4 Å². The summed E-state index contributed by atoms with van der Waals surface area (Å²) in [4.78, 5) is 12.4. The maximum absolute atomic E-state index is 12.4. The van der Waals surface area contributed by atoms with Crippen molar-refractivity contribution in [1.29, 1.82) is 0 Å². The number of hydrogen-bond acceptors (Lipinski definition) is 4. The second kappa shape index (κ2) is 7.00. The van der Waals surface area contributed by atoms with Crippen molar-refractivity contribution in [2.45, 2.75) is 37.8 Å². The number of nitrogens with one attached hydrogen (secondary N) is 1. The van der Waals surface area contributed by atoms with Crippen LogP contribution in [0.25, 0.3) is 0 Å². The Morgan fingerprint density at radius 2 is 1.86 bits per heavy atom. The van der Waals surface area contributed by atoms with Crippen LogP contribution in [0, 0.1) is 0 Å². The molecule has 1 aliphatic carbocycles. The molecule has 116 valence electrons. The third-order valence-electron chi connectivity index (χ3n) is 3.92. The van der Waals surface area contributed by atoms with Gasteiger partial charge in [-0.05, 0) is 37.8 Å². The fraction of sp³-hybridized carbons (Fsp3) is 0.533. The Hall–Kier alpha value is -1.46. The van der Waals surface area contributed by atoms with Gasteiger partial charge in [-0.15, -0.1) is 12.4 Å². The van der Waals surface area contributed by atoms with Crippen LogP contribution in [0.2, 0.25) is 0 Å². The van der Waals surface area contributed by atoms with Crippen molar-refractivity contribution in [2.24, 2.45) is 5.73 Å². The van der Waals surface area contributed by atoms with Crippen molar-refractivity contribution in [3.05, 3.63) is 23.8 Å². The van der Waals surface area contributed by atoms with Gasteiger partial charge < -0.3 is 20.5 Å². The molecule has 1 fully saturated rings. The van der Waals surface area contributed by atoms with Crippen LogP contribution < -0.4 is 20.5 Å². The van der Waals surface area contributed by atoms with E-state index in [1.165, 1.54) is 0 Å².